The number of nitrogens with one attached hydrogen (secondary N) is 2. The summed E-state index contributed by atoms with van der Waals surface area (Å²) in [5, 5.41) is 6.48. The van der Waals surface area contributed by atoms with E-state index in [2.05, 4.69) is 47.0 Å². The molecule has 0 bridgehead atoms. The van der Waals surface area contributed by atoms with Crippen LogP contribution in [-0.2, 0) is 0 Å². The first-order chi connectivity index (χ1) is 11.3. The molecule has 0 aromatic heterocycles. The van der Waals surface area contributed by atoms with Crippen molar-refractivity contribution >= 4 is 5.91 Å². The summed E-state index contributed by atoms with van der Waals surface area (Å²) in [5.41, 5.74) is 4.64. The molecule has 2 aliphatic rings. The Morgan fingerprint density at radius 2 is 1.78 bits per heavy atom. The van der Waals surface area contributed by atoms with E-state index in [4.69, 9.17) is 0 Å². The van der Waals surface area contributed by atoms with Gasteiger partial charge in [0, 0.05) is 18.2 Å². The van der Waals surface area contributed by atoms with Gasteiger partial charge in [-0.1, -0.05) is 36.4 Å². The van der Waals surface area contributed by atoms with Crippen molar-refractivity contribution in [1.29, 1.82) is 0 Å². The molecule has 1 aliphatic carbocycles. The first-order valence-corrected chi connectivity index (χ1v) is 8.52. The lowest BCUT2D eigenvalue weighted by Crippen LogP contribution is -2.25. The topological polar surface area (TPSA) is 41.1 Å². The van der Waals surface area contributed by atoms with Crippen molar-refractivity contribution < 1.29 is 4.79 Å². The van der Waals surface area contributed by atoms with Crippen molar-refractivity contribution in [2.75, 3.05) is 13.1 Å². The summed E-state index contributed by atoms with van der Waals surface area (Å²) in [6.45, 7) is 2.15. The monoisotopic (exact) mass is 306 g/mol. The van der Waals surface area contributed by atoms with Gasteiger partial charge in [-0.2, -0.15) is 0 Å². The highest BCUT2D eigenvalue weighted by Gasteiger charge is 2.24. The Labute approximate surface area is 137 Å². The summed E-state index contributed by atoms with van der Waals surface area (Å²) in [7, 11) is 0. The molecule has 1 heterocycles. The molecule has 1 aliphatic heterocycles. The van der Waals surface area contributed by atoms with Gasteiger partial charge in [0.1, 0.15) is 0 Å². The molecule has 3 heteroatoms. The van der Waals surface area contributed by atoms with Gasteiger partial charge in [0.15, 0.2) is 0 Å². The third-order valence-electron chi connectivity index (χ3n) is 4.83. The summed E-state index contributed by atoms with van der Waals surface area (Å²) in [5.74, 6) is 0.636. The number of rotatable bonds is 4. The van der Waals surface area contributed by atoms with Crippen LogP contribution in [0.15, 0.2) is 48.5 Å². The molecule has 0 spiro atoms. The summed E-state index contributed by atoms with van der Waals surface area (Å²) < 4.78 is 0. The highest BCUT2D eigenvalue weighted by molar-refractivity contribution is 5.95. The number of amides is 1. The lowest BCUT2D eigenvalue weighted by atomic mass is 9.90. The zero-order chi connectivity index (χ0) is 15.6. The lowest BCUT2D eigenvalue weighted by Gasteiger charge is -2.15. The number of carbonyl (C=O) groups excluding carboxylic acids is 1. The van der Waals surface area contributed by atoms with Crippen molar-refractivity contribution in [2.24, 2.45) is 0 Å². The van der Waals surface area contributed by atoms with Gasteiger partial charge in [-0.05, 0) is 60.5 Å². The number of carbonyl (C=O) groups is 1. The van der Waals surface area contributed by atoms with Gasteiger partial charge < -0.3 is 10.6 Å². The van der Waals surface area contributed by atoms with Crippen LogP contribution in [0, 0.1) is 0 Å². The van der Waals surface area contributed by atoms with Gasteiger partial charge in [0.2, 0.25) is 0 Å². The maximum absolute atomic E-state index is 12.1. The molecule has 4 rings (SSSR count). The van der Waals surface area contributed by atoms with Gasteiger partial charge >= 0.3 is 0 Å². The summed E-state index contributed by atoms with van der Waals surface area (Å²) >= 11 is 0. The fourth-order valence-electron chi connectivity index (χ4n) is 3.33. The molecule has 2 N–H and O–H groups in total. The standard InChI is InChI=1S/C20H22N2O/c23-20(22-17-9-10-17)15-7-5-14(6-8-15)18-3-1-2-4-19(18)16-11-12-21-13-16/h1-8,16-17,21H,9-13H2,(H,22,23). The Morgan fingerprint density at radius 3 is 2.48 bits per heavy atom. The smallest absolute Gasteiger partial charge is 0.251 e. The van der Waals surface area contributed by atoms with E-state index in [0.29, 0.717) is 12.0 Å². The normalized spacial score (nSPS) is 20.4. The molecule has 1 saturated heterocycles. The largest absolute Gasteiger partial charge is 0.349 e. The highest BCUT2D eigenvalue weighted by atomic mass is 16.1. The molecule has 1 unspecified atom stereocenters. The van der Waals surface area contributed by atoms with Crippen LogP contribution in [0.5, 0.6) is 0 Å². The van der Waals surface area contributed by atoms with Crippen LogP contribution in [0.1, 0.15) is 41.1 Å². The van der Waals surface area contributed by atoms with E-state index in [1.54, 1.807) is 0 Å². The van der Waals surface area contributed by atoms with Crippen LogP contribution in [-0.4, -0.2) is 25.0 Å². The second-order valence-electron chi connectivity index (χ2n) is 6.60. The second-order valence-corrected chi connectivity index (χ2v) is 6.60. The summed E-state index contributed by atoms with van der Waals surface area (Å²) in [6.07, 6.45) is 3.43. The average molecular weight is 306 g/mol. The van der Waals surface area contributed by atoms with E-state index >= 15 is 0 Å². The van der Waals surface area contributed by atoms with Crippen molar-refractivity contribution in [1.82, 2.24) is 10.6 Å². The molecule has 3 nitrogen and oxygen atoms in total. The van der Waals surface area contributed by atoms with E-state index in [9.17, 15) is 4.79 Å². The molecule has 23 heavy (non-hydrogen) atoms. The summed E-state index contributed by atoms with van der Waals surface area (Å²) in [4.78, 5) is 12.1. The number of hydrogen-bond acceptors (Lipinski definition) is 2. The molecule has 0 radical (unpaired) electrons. The molecule has 2 aromatic carbocycles. The van der Waals surface area contributed by atoms with Crippen molar-refractivity contribution in [3.8, 4) is 11.1 Å². The molecule has 1 amide bonds. The predicted octanol–water partition coefficient (Wildman–Crippen LogP) is 3.32. The fourth-order valence-corrected chi connectivity index (χ4v) is 3.33. The molecule has 118 valence electrons. The Morgan fingerprint density at radius 1 is 1.00 bits per heavy atom. The Hall–Kier alpha value is -2.13. The van der Waals surface area contributed by atoms with Crippen LogP contribution in [0.3, 0.4) is 0 Å². The molecule has 2 aromatic rings. The number of benzene rings is 2. The first kappa shape index (κ1) is 14.5. The van der Waals surface area contributed by atoms with Crippen LogP contribution in [0.25, 0.3) is 11.1 Å². The minimum absolute atomic E-state index is 0.0485. The third-order valence-corrected chi connectivity index (χ3v) is 4.83. The molecule has 1 atom stereocenters. The maximum Gasteiger partial charge on any atom is 0.251 e. The van der Waals surface area contributed by atoms with Crippen molar-refractivity contribution in [3.63, 3.8) is 0 Å². The predicted molar refractivity (Wildman–Crippen MR) is 92.6 cm³/mol. The van der Waals surface area contributed by atoms with E-state index in [1.807, 2.05) is 12.1 Å². The van der Waals surface area contributed by atoms with Crippen molar-refractivity contribution in [2.45, 2.75) is 31.2 Å². The Kier molecular flexibility index (Phi) is 3.88. The van der Waals surface area contributed by atoms with Crippen LogP contribution >= 0.6 is 0 Å². The fraction of sp³-hybridized carbons (Fsp3) is 0.350. The van der Waals surface area contributed by atoms with Crippen molar-refractivity contribution in [3.05, 3.63) is 59.7 Å². The van der Waals surface area contributed by atoms with Gasteiger partial charge in [-0.3, -0.25) is 4.79 Å². The quantitative estimate of drug-likeness (QED) is 0.910. The molecular weight excluding hydrogens is 284 g/mol. The van der Waals surface area contributed by atoms with Gasteiger partial charge in [-0.25, -0.2) is 0 Å². The molecule has 1 saturated carbocycles. The first-order valence-electron chi connectivity index (χ1n) is 8.52. The second kappa shape index (κ2) is 6.17. The highest BCUT2D eigenvalue weighted by Crippen LogP contribution is 2.32. The minimum atomic E-state index is 0.0485. The van der Waals surface area contributed by atoms with E-state index in [1.165, 1.54) is 23.1 Å². The average Bonchev–Trinajstić information content (AvgIpc) is 3.24. The van der Waals surface area contributed by atoms with Gasteiger partial charge in [0.25, 0.3) is 5.91 Å². The van der Waals surface area contributed by atoms with Crippen LogP contribution in [0.4, 0.5) is 0 Å². The zero-order valence-electron chi connectivity index (χ0n) is 13.2. The molecule has 2 fully saturated rings. The van der Waals surface area contributed by atoms with E-state index in [0.717, 1.165) is 31.5 Å². The van der Waals surface area contributed by atoms with E-state index < -0.39 is 0 Å². The Bertz CT molecular complexity index is 698. The van der Waals surface area contributed by atoms with E-state index in [-0.39, 0.29) is 5.91 Å². The third kappa shape index (κ3) is 3.15. The summed E-state index contributed by atoms with van der Waals surface area (Å²) in [6, 6.07) is 17.1. The SMILES string of the molecule is O=C(NC1CC1)c1ccc(-c2ccccc2C2CCNC2)cc1. The molecular formula is C20H22N2O. The van der Waals surface area contributed by atoms with Gasteiger partial charge in [-0.15, -0.1) is 0 Å². The zero-order valence-corrected chi connectivity index (χ0v) is 13.2. The lowest BCUT2D eigenvalue weighted by molar-refractivity contribution is 0.0951. The van der Waals surface area contributed by atoms with Crippen LogP contribution in [0.2, 0.25) is 0 Å². The number of hydrogen-bond donors (Lipinski definition) is 2. The van der Waals surface area contributed by atoms with Gasteiger partial charge in [0.05, 0.1) is 0 Å². The minimum Gasteiger partial charge on any atom is -0.349 e. The van der Waals surface area contributed by atoms with Crippen LogP contribution < -0.4 is 10.6 Å². The maximum atomic E-state index is 12.1. The Balaban J connectivity index is 1.59.